The van der Waals surface area contributed by atoms with Gasteiger partial charge in [0.1, 0.15) is 0 Å². The van der Waals surface area contributed by atoms with Crippen LogP contribution >= 0.6 is 0 Å². The van der Waals surface area contributed by atoms with Gasteiger partial charge in [-0.15, -0.1) is 0 Å². The van der Waals surface area contributed by atoms with E-state index < -0.39 is 0 Å². The zero-order valence-corrected chi connectivity index (χ0v) is 11.4. The number of hydrogen-bond donors (Lipinski definition) is 1. The average molecular weight is 252 g/mol. The maximum absolute atomic E-state index is 5.75. The molecule has 98 valence electrons. The molecule has 0 aromatic heterocycles. The molecule has 0 radical (unpaired) electrons. The Morgan fingerprint density at radius 3 is 2.84 bits per heavy atom. The number of nitrogens with two attached hydrogens (primary N) is 1. The second-order valence-corrected chi connectivity index (χ2v) is 5.34. The minimum absolute atomic E-state index is 0.603. The lowest BCUT2D eigenvalue weighted by Gasteiger charge is -2.27. The Morgan fingerprint density at radius 1 is 1.16 bits per heavy atom. The van der Waals surface area contributed by atoms with Crippen LogP contribution < -0.4 is 5.73 Å². The van der Waals surface area contributed by atoms with Gasteiger partial charge in [-0.1, -0.05) is 36.4 Å². The second kappa shape index (κ2) is 5.16. The quantitative estimate of drug-likeness (QED) is 0.890. The first-order chi connectivity index (χ1) is 9.28. The van der Waals surface area contributed by atoms with Gasteiger partial charge in [-0.3, -0.25) is 0 Å². The molecule has 1 heterocycles. The highest BCUT2D eigenvalue weighted by atomic mass is 15.1. The molecule has 0 bridgehead atoms. The van der Waals surface area contributed by atoms with E-state index in [1.54, 1.807) is 0 Å². The average Bonchev–Trinajstić information content (AvgIpc) is 2.46. The van der Waals surface area contributed by atoms with Gasteiger partial charge in [0.2, 0.25) is 0 Å². The van der Waals surface area contributed by atoms with Crippen LogP contribution in [0.5, 0.6) is 0 Å². The third-order valence-electron chi connectivity index (χ3n) is 3.93. The van der Waals surface area contributed by atoms with Crippen LogP contribution in [0.4, 0.5) is 0 Å². The van der Waals surface area contributed by atoms with Gasteiger partial charge in [0.05, 0.1) is 0 Å². The van der Waals surface area contributed by atoms with Gasteiger partial charge in [-0.05, 0) is 47.4 Å². The lowest BCUT2D eigenvalue weighted by molar-refractivity contribution is 0.313. The van der Waals surface area contributed by atoms with E-state index in [-0.39, 0.29) is 0 Å². The highest BCUT2D eigenvalue weighted by Gasteiger charge is 2.16. The Hall–Kier alpha value is -1.64. The first-order valence-corrected chi connectivity index (χ1v) is 6.86. The maximum Gasteiger partial charge on any atom is 0.0233 e. The van der Waals surface area contributed by atoms with Crippen LogP contribution in [0.2, 0.25) is 0 Å². The highest BCUT2D eigenvalue weighted by Crippen LogP contribution is 2.30. The van der Waals surface area contributed by atoms with E-state index in [2.05, 4.69) is 54.4 Å². The predicted molar refractivity (Wildman–Crippen MR) is 79.8 cm³/mol. The normalized spacial score (nSPS) is 15.3. The van der Waals surface area contributed by atoms with Crippen molar-refractivity contribution in [3.8, 4) is 11.1 Å². The van der Waals surface area contributed by atoms with Gasteiger partial charge in [0.15, 0.2) is 0 Å². The molecule has 0 unspecified atom stereocenters. The molecule has 2 aromatic carbocycles. The molecule has 0 aliphatic carbocycles. The molecule has 2 nitrogen and oxygen atoms in total. The van der Waals surface area contributed by atoms with Crippen LogP contribution in [-0.4, -0.2) is 18.5 Å². The second-order valence-electron chi connectivity index (χ2n) is 5.34. The number of benzene rings is 2. The summed E-state index contributed by atoms with van der Waals surface area (Å²) in [5.41, 5.74) is 12.6. The number of fused-ring (bicyclic) bond motifs is 1. The fourth-order valence-electron chi connectivity index (χ4n) is 2.89. The summed E-state index contributed by atoms with van der Waals surface area (Å²) in [5.74, 6) is 0. The van der Waals surface area contributed by atoms with Crippen molar-refractivity contribution in [2.24, 2.45) is 5.73 Å². The van der Waals surface area contributed by atoms with Gasteiger partial charge in [-0.2, -0.15) is 0 Å². The van der Waals surface area contributed by atoms with Crippen molar-refractivity contribution in [2.45, 2.75) is 19.5 Å². The van der Waals surface area contributed by atoms with E-state index in [1.807, 2.05) is 0 Å². The number of hydrogen-bond acceptors (Lipinski definition) is 2. The van der Waals surface area contributed by atoms with Crippen LogP contribution in [-0.2, 0) is 19.5 Å². The maximum atomic E-state index is 5.75. The van der Waals surface area contributed by atoms with E-state index >= 15 is 0 Å². The Balaban J connectivity index is 2.07. The summed E-state index contributed by atoms with van der Waals surface area (Å²) in [4.78, 5) is 2.38. The summed E-state index contributed by atoms with van der Waals surface area (Å²) in [6.45, 7) is 2.80. The molecule has 0 spiro atoms. The van der Waals surface area contributed by atoms with Crippen LogP contribution in [0.25, 0.3) is 11.1 Å². The molecule has 19 heavy (non-hydrogen) atoms. The van der Waals surface area contributed by atoms with Crippen LogP contribution in [0.1, 0.15) is 16.7 Å². The zero-order chi connectivity index (χ0) is 13.2. The van der Waals surface area contributed by atoms with E-state index in [1.165, 1.54) is 27.8 Å². The van der Waals surface area contributed by atoms with Crippen molar-refractivity contribution in [3.63, 3.8) is 0 Å². The fraction of sp³-hybridized carbons (Fsp3) is 0.294. The molecular formula is C17H20N2. The van der Waals surface area contributed by atoms with E-state index in [0.29, 0.717) is 6.54 Å². The van der Waals surface area contributed by atoms with Crippen LogP contribution in [0, 0.1) is 0 Å². The molecule has 0 amide bonds. The minimum atomic E-state index is 0.603. The van der Waals surface area contributed by atoms with Crippen molar-refractivity contribution >= 4 is 0 Å². The lowest BCUT2D eigenvalue weighted by atomic mass is 9.90. The molecule has 2 aromatic rings. The predicted octanol–water partition coefficient (Wildman–Crippen LogP) is 2.80. The van der Waals surface area contributed by atoms with E-state index in [9.17, 15) is 0 Å². The standard InChI is InChI=1S/C17H20N2/c1-19-9-8-17-15(12-19)6-3-7-16(17)14-5-2-4-13(10-14)11-18/h2-7,10H,8-9,11-12,18H2,1H3. The summed E-state index contributed by atoms with van der Waals surface area (Å²) in [5, 5.41) is 0. The number of likely N-dealkylation sites (N-methyl/N-ethyl adjacent to an activating group) is 1. The summed E-state index contributed by atoms with van der Waals surface area (Å²) >= 11 is 0. The summed E-state index contributed by atoms with van der Waals surface area (Å²) in [7, 11) is 2.19. The van der Waals surface area contributed by atoms with Gasteiger partial charge >= 0.3 is 0 Å². The van der Waals surface area contributed by atoms with Crippen LogP contribution in [0.3, 0.4) is 0 Å². The Labute approximate surface area is 114 Å². The zero-order valence-electron chi connectivity index (χ0n) is 11.4. The summed E-state index contributed by atoms with van der Waals surface area (Å²) in [6, 6.07) is 15.3. The van der Waals surface area contributed by atoms with Crippen molar-refractivity contribution in [1.29, 1.82) is 0 Å². The van der Waals surface area contributed by atoms with Crippen LogP contribution in [0.15, 0.2) is 42.5 Å². The Kier molecular flexibility index (Phi) is 3.36. The smallest absolute Gasteiger partial charge is 0.0233 e. The molecule has 0 saturated heterocycles. The van der Waals surface area contributed by atoms with E-state index in [0.717, 1.165) is 19.5 Å². The van der Waals surface area contributed by atoms with Gasteiger partial charge < -0.3 is 10.6 Å². The molecule has 0 atom stereocenters. The SMILES string of the molecule is CN1CCc2c(cccc2-c2cccc(CN)c2)C1. The molecular weight excluding hydrogens is 232 g/mol. The lowest BCUT2D eigenvalue weighted by Crippen LogP contribution is -2.26. The largest absolute Gasteiger partial charge is 0.326 e. The summed E-state index contributed by atoms with van der Waals surface area (Å²) in [6.07, 6.45) is 1.13. The number of nitrogens with zero attached hydrogens (tertiary/aromatic N) is 1. The molecule has 3 rings (SSSR count). The fourth-order valence-corrected chi connectivity index (χ4v) is 2.89. The molecule has 0 saturated carbocycles. The van der Waals surface area contributed by atoms with Crippen molar-refractivity contribution in [1.82, 2.24) is 4.90 Å². The Bertz CT molecular complexity index is 590. The molecule has 1 aliphatic heterocycles. The first kappa shape index (κ1) is 12.4. The molecule has 2 heteroatoms. The van der Waals surface area contributed by atoms with E-state index in [4.69, 9.17) is 5.73 Å². The molecule has 2 N–H and O–H groups in total. The van der Waals surface area contributed by atoms with Gasteiger partial charge in [0, 0.05) is 19.6 Å². The minimum Gasteiger partial charge on any atom is -0.326 e. The first-order valence-electron chi connectivity index (χ1n) is 6.86. The third kappa shape index (κ3) is 2.42. The topological polar surface area (TPSA) is 29.3 Å². The molecule has 1 aliphatic rings. The van der Waals surface area contributed by atoms with Crippen molar-refractivity contribution in [3.05, 3.63) is 59.2 Å². The van der Waals surface area contributed by atoms with Gasteiger partial charge in [-0.25, -0.2) is 0 Å². The Morgan fingerprint density at radius 2 is 2.00 bits per heavy atom. The summed E-state index contributed by atoms with van der Waals surface area (Å²) < 4.78 is 0. The molecule has 0 fully saturated rings. The van der Waals surface area contributed by atoms with Gasteiger partial charge in [0.25, 0.3) is 0 Å². The highest BCUT2D eigenvalue weighted by molar-refractivity contribution is 5.69. The number of rotatable bonds is 2. The third-order valence-corrected chi connectivity index (χ3v) is 3.93. The monoisotopic (exact) mass is 252 g/mol. The van der Waals surface area contributed by atoms with Crippen molar-refractivity contribution < 1.29 is 0 Å². The van der Waals surface area contributed by atoms with Crippen molar-refractivity contribution in [2.75, 3.05) is 13.6 Å².